The first-order valence-corrected chi connectivity index (χ1v) is 8.25. The molecule has 0 aromatic heterocycles. The predicted molar refractivity (Wildman–Crippen MR) is 89.6 cm³/mol. The van der Waals surface area contributed by atoms with E-state index in [0.29, 0.717) is 13.0 Å². The van der Waals surface area contributed by atoms with Crippen LogP contribution in [0.4, 0.5) is 4.79 Å². The van der Waals surface area contributed by atoms with Crippen LogP contribution in [0, 0.1) is 0 Å². The molecular weight excluding hydrogens is 310 g/mol. The average Bonchev–Trinajstić information content (AvgIpc) is 2.53. The number of benzene rings is 1. The minimum absolute atomic E-state index is 0.0651. The van der Waals surface area contributed by atoms with Crippen molar-refractivity contribution in [1.82, 2.24) is 5.32 Å². The third-order valence-electron chi connectivity index (χ3n) is 3.67. The van der Waals surface area contributed by atoms with Gasteiger partial charge >= 0.3 is 6.09 Å². The van der Waals surface area contributed by atoms with Gasteiger partial charge in [-0.1, -0.05) is 30.3 Å². The van der Waals surface area contributed by atoms with Gasteiger partial charge in [-0.3, -0.25) is 0 Å². The number of hydrogen-bond acceptors (Lipinski definition) is 5. The second-order valence-electron chi connectivity index (χ2n) is 6.96. The van der Waals surface area contributed by atoms with Gasteiger partial charge in [-0.15, -0.1) is 0 Å². The van der Waals surface area contributed by atoms with E-state index in [2.05, 4.69) is 5.32 Å². The fraction of sp³-hybridized carbons (Fsp3) is 0.611. The van der Waals surface area contributed by atoms with Crippen LogP contribution in [0.1, 0.15) is 32.8 Å². The highest BCUT2D eigenvalue weighted by Crippen LogP contribution is 2.20. The Morgan fingerprint density at radius 2 is 2.04 bits per heavy atom. The molecule has 2 rings (SSSR count). The number of rotatable bonds is 5. The molecular formula is C18H27NO5. The van der Waals surface area contributed by atoms with Crippen molar-refractivity contribution in [2.75, 3.05) is 13.2 Å². The van der Waals surface area contributed by atoms with Gasteiger partial charge in [-0.05, 0) is 26.3 Å². The molecule has 0 saturated carbocycles. The summed E-state index contributed by atoms with van der Waals surface area (Å²) in [5, 5.41) is 12.1. The molecule has 0 spiro atoms. The Morgan fingerprint density at radius 1 is 1.33 bits per heavy atom. The van der Waals surface area contributed by atoms with Gasteiger partial charge in [0.2, 0.25) is 0 Å². The normalized spacial score (nSPS) is 24.4. The van der Waals surface area contributed by atoms with Crippen LogP contribution < -0.4 is 5.32 Å². The Labute approximate surface area is 143 Å². The number of amides is 1. The number of nitrogens with one attached hydrogen (secondary N) is 1. The lowest BCUT2D eigenvalue weighted by Gasteiger charge is -2.36. The number of aliphatic hydroxyl groups is 1. The van der Waals surface area contributed by atoms with Crippen LogP contribution >= 0.6 is 0 Å². The molecule has 0 bridgehead atoms. The van der Waals surface area contributed by atoms with Gasteiger partial charge in [0.1, 0.15) is 5.60 Å². The Morgan fingerprint density at radius 3 is 2.67 bits per heavy atom. The van der Waals surface area contributed by atoms with Crippen molar-refractivity contribution in [1.29, 1.82) is 0 Å². The van der Waals surface area contributed by atoms with E-state index >= 15 is 0 Å². The molecule has 0 radical (unpaired) electrons. The molecule has 3 atom stereocenters. The number of carbonyl (C=O) groups is 1. The SMILES string of the molecule is CC(C)(C)OC(=O)N[C@H]1CO[C@H](CO)CC1OCc1ccccc1. The minimum atomic E-state index is -0.562. The minimum Gasteiger partial charge on any atom is -0.444 e. The monoisotopic (exact) mass is 337 g/mol. The largest absolute Gasteiger partial charge is 0.444 e. The van der Waals surface area contributed by atoms with Crippen molar-refractivity contribution >= 4 is 6.09 Å². The summed E-state index contributed by atoms with van der Waals surface area (Å²) in [5.41, 5.74) is 0.494. The molecule has 1 aromatic carbocycles. The van der Waals surface area contributed by atoms with E-state index < -0.39 is 11.7 Å². The van der Waals surface area contributed by atoms with Crippen molar-refractivity contribution in [3.8, 4) is 0 Å². The van der Waals surface area contributed by atoms with Crippen LogP contribution in [-0.2, 0) is 20.8 Å². The molecule has 1 aliphatic rings. The molecule has 6 nitrogen and oxygen atoms in total. The number of hydrogen-bond donors (Lipinski definition) is 2. The summed E-state index contributed by atoms with van der Waals surface area (Å²) in [7, 11) is 0. The lowest BCUT2D eigenvalue weighted by molar-refractivity contribution is -0.110. The Bertz CT molecular complexity index is 514. The van der Waals surface area contributed by atoms with E-state index in [0.717, 1.165) is 5.56 Å². The summed E-state index contributed by atoms with van der Waals surface area (Å²) < 4.78 is 16.8. The number of aliphatic hydroxyl groups excluding tert-OH is 1. The third-order valence-corrected chi connectivity index (χ3v) is 3.67. The maximum atomic E-state index is 12.0. The molecule has 24 heavy (non-hydrogen) atoms. The number of ether oxygens (including phenoxy) is 3. The summed E-state index contributed by atoms with van der Waals surface area (Å²) in [6, 6.07) is 9.52. The Kier molecular flexibility index (Phi) is 6.60. The zero-order valence-electron chi connectivity index (χ0n) is 14.5. The van der Waals surface area contributed by atoms with Gasteiger partial charge in [-0.2, -0.15) is 0 Å². The number of alkyl carbamates (subject to hydrolysis) is 1. The fourth-order valence-corrected chi connectivity index (χ4v) is 2.52. The molecule has 1 aliphatic heterocycles. The number of carbonyl (C=O) groups excluding carboxylic acids is 1. The van der Waals surface area contributed by atoms with Crippen LogP contribution in [-0.4, -0.2) is 48.3 Å². The van der Waals surface area contributed by atoms with Gasteiger partial charge in [0, 0.05) is 6.42 Å². The Balaban J connectivity index is 1.94. The molecule has 1 fully saturated rings. The topological polar surface area (TPSA) is 77.0 Å². The zero-order chi connectivity index (χ0) is 17.6. The van der Waals surface area contributed by atoms with E-state index in [-0.39, 0.29) is 31.5 Å². The van der Waals surface area contributed by atoms with Crippen molar-refractivity contribution in [3.05, 3.63) is 35.9 Å². The van der Waals surface area contributed by atoms with Crippen LogP contribution in [0.3, 0.4) is 0 Å². The zero-order valence-corrected chi connectivity index (χ0v) is 14.5. The second-order valence-corrected chi connectivity index (χ2v) is 6.96. The van der Waals surface area contributed by atoms with E-state index in [4.69, 9.17) is 14.2 Å². The molecule has 1 aromatic rings. The molecule has 1 heterocycles. The van der Waals surface area contributed by atoms with Crippen molar-refractivity contribution in [2.24, 2.45) is 0 Å². The first-order valence-electron chi connectivity index (χ1n) is 8.25. The third kappa shape index (κ3) is 6.11. The van der Waals surface area contributed by atoms with Crippen molar-refractivity contribution in [2.45, 2.75) is 57.6 Å². The van der Waals surface area contributed by atoms with Crippen molar-refractivity contribution < 1.29 is 24.1 Å². The lowest BCUT2D eigenvalue weighted by Crippen LogP contribution is -2.54. The maximum Gasteiger partial charge on any atom is 0.408 e. The van der Waals surface area contributed by atoms with Crippen LogP contribution in [0.25, 0.3) is 0 Å². The fourth-order valence-electron chi connectivity index (χ4n) is 2.52. The molecule has 1 saturated heterocycles. The van der Waals surface area contributed by atoms with E-state index in [9.17, 15) is 9.90 Å². The predicted octanol–water partition coefficient (Wildman–Crippen LogP) is 2.25. The summed E-state index contributed by atoms with van der Waals surface area (Å²) in [5.74, 6) is 0. The molecule has 134 valence electrons. The molecule has 2 N–H and O–H groups in total. The summed E-state index contributed by atoms with van der Waals surface area (Å²) in [6.07, 6.45) is -0.498. The first kappa shape index (κ1) is 18.7. The van der Waals surface area contributed by atoms with Gasteiger partial charge in [0.25, 0.3) is 0 Å². The Hall–Kier alpha value is -1.63. The van der Waals surface area contributed by atoms with Crippen LogP contribution in [0.2, 0.25) is 0 Å². The maximum absolute atomic E-state index is 12.0. The van der Waals surface area contributed by atoms with Gasteiger partial charge in [0.15, 0.2) is 0 Å². The van der Waals surface area contributed by atoms with Crippen LogP contribution in [0.15, 0.2) is 30.3 Å². The average molecular weight is 337 g/mol. The standard InChI is InChI=1S/C18H27NO5/c1-18(2,3)24-17(21)19-15-12-22-14(10-20)9-16(15)23-11-13-7-5-4-6-8-13/h4-8,14-16,20H,9-12H2,1-3H3,(H,19,21)/t14-,15-,16?/m0/s1. The van der Waals surface area contributed by atoms with E-state index in [1.54, 1.807) is 0 Å². The smallest absolute Gasteiger partial charge is 0.408 e. The highest BCUT2D eigenvalue weighted by Gasteiger charge is 2.33. The summed E-state index contributed by atoms with van der Waals surface area (Å²) in [4.78, 5) is 12.0. The highest BCUT2D eigenvalue weighted by atomic mass is 16.6. The van der Waals surface area contributed by atoms with Gasteiger partial charge < -0.3 is 24.6 Å². The van der Waals surface area contributed by atoms with Crippen LogP contribution in [0.5, 0.6) is 0 Å². The van der Waals surface area contributed by atoms with E-state index in [1.165, 1.54) is 0 Å². The second kappa shape index (κ2) is 8.46. The van der Waals surface area contributed by atoms with Crippen molar-refractivity contribution in [3.63, 3.8) is 0 Å². The van der Waals surface area contributed by atoms with Gasteiger partial charge in [-0.25, -0.2) is 4.79 Å². The first-order chi connectivity index (χ1) is 11.4. The molecule has 1 unspecified atom stereocenters. The summed E-state index contributed by atoms with van der Waals surface area (Å²) >= 11 is 0. The highest BCUT2D eigenvalue weighted by molar-refractivity contribution is 5.68. The molecule has 6 heteroatoms. The molecule has 1 amide bonds. The van der Waals surface area contributed by atoms with Gasteiger partial charge in [0.05, 0.1) is 38.1 Å². The molecule has 0 aliphatic carbocycles. The summed E-state index contributed by atoms with van der Waals surface area (Å²) in [6.45, 7) is 6.10. The lowest BCUT2D eigenvalue weighted by atomic mass is 10.0. The quantitative estimate of drug-likeness (QED) is 0.862. The van der Waals surface area contributed by atoms with E-state index in [1.807, 2.05) is 51.1 Å².